The van der Waals surface area contributed by atoms with Crippen LogP contribution in [0, 0.1) is 0 Å². The zero-order valence-electron chi connectivity index (χ0n) is 7.53. The smallest absolute Gasteiger partial charge is 0.545 e. The van der Waals surface area contributed by atoms with E-state index in [9.17, 15) is 14.7 Å². The van der Waals surface area contributed by atoms with Crippen molar-refractivity contribution in [3.63, 3.8) is 0 Å². The minimum atomic E-state index is -1.27. The fourth-order valence-electron chi connectivity index (χ4n) is 0.865. The van der Waals surface area contributed by atoms with Crippen molar-refractivity contribution in [1.29, 1.82) is 0 Å². The first-order valence-corrected chi connectivity index (χ1v) is 3.43. The van der Waals surface area contributed by atoms with Gasteiger partial charge in [0.15, 0.2) is 5.78 Å². The van der Waals surface area contributed by atoms with Gasteiger partial charge < -0.3 is 9.90 Å². The molecule has 3 nitrogen and oxygen atoms in total. The number of rotatable bonds is 2. The zero-order chi connectivity index (χ0) is 9.14. The van der Waals surface area contributed by atoms with Crippen LogP contribution in [0.2, 0.25) is 0 Å². The van der Waals surface area contributed by atoms with Crippen LogP contribution in [-0.2, 0) is 0 Å². The third kappa shape index (κ3) is 3.30. The molecule has 0 saturated heterocycles. The summed E-state index contributed by atoms with van der Waals surface area (Å²) in [6, 6.07) is 5.77. The summed E-state index contributed by atoms with van der Waals surface area (Å²) in [4.78, 5) is 21.2. The Balaban J connectivity index is 0.00000144. The molecule has 0 spiro atoms. The van der Waals surface area contributed by atoms with E-state index >= 15 is 0 Å². The second kappa shape index (κ2) is 5.17. The van der Waals surface area contributed by atoms with Crippen LogP contribution in [0.5, 0.6) is 0 Å². The summed E-state index contributed by atoms with van der Waals surface area (Å²) in [5.41, 5.74) is 0.416. The molecule has 13 heavy (non-hydrogen) atoms. The monoisotopic (exact) mass is 186 g/mol. The predicted molar refractivity (Wildman–Crippen MR) is 40.8 cm³/mol. The van der Waals surface area contributed by atoms with Crippen molar-refractivity contribution in [2.45, 2.75) is 6.92 Å². The van der Waals surface area contributed by atoms with Crippen molar-refractivity contribution >= 4 is 11.8 Å². The van der Waals surface area contributed by atoms with Gasteiger partial charge >= 0.3 is 29.6 Å². The molecule has 0 aliphatic rings. The van der Waals surface area contributed by atoms with Crippen LogP contribution in [0.25, 0.3) is 0 Å². The van der Waals surface area contributed by atoms with Gasteiger partial charge in [0, 0.05) is 5.56 Å². The number of Topliss-reactive ketones (excluding diaryl/α,β-unsaturated/α-hetero) is 1. The minimum absolute atomic E-state index is 0. The third-order valence-electron chi connectivity index (χ3n) is 1.50. The molecule has 1 aromatic carbocycles. The van der Waals surface area contributed by atoms with Gasteiger partial charge in [-0.15, -0.1) is 0 Å². The molecule has 0 amide bonds. The first-order valence-electron chi connectivity index (χ1n) is 3.43. The Morgan fingerprint density at radius 1 is 1.23 bits per heavy atom. The molecular weight excluding hydrogens is 179 g/mol. The van der Waals surface area contributed by atoms with Crippen molar-refractivity contribution in [1.82, 2.24) is 0 Å². The Labute approximate surface area is 98.1 Å². The van der Waals surface area contributed by atoms with Gasteiger partial charge in [-0.1, -0.05) is 18.2 Å². The molecule has 1 aromatic rings. The number of carbonyl (C=O) groups excluding carboxylic acids is 2. The van der Waals surface area contributed by atoms with Crippen LogP contribution in [0.1, 0.15) is 27.6 Å². The Kier molecular flexibility index (Phi) is 4.91. The van der Waals surface area contributed by atoms with Gasteiger partial charge in [0.25, 0.3) is 0 Å². The average molecular weight is 186 g/mol. The van der Waals surface area contributed by atoms with E-state index in [-0.39, 0.29) is 40.9 Å². The number of aromatic carboxylic acids is 1. The van der Waals surface area contributed by atoms with Crippen molar-refractivity contribution in [2.75, 3.05) is 0 Å². The number of ketones is 1. The van der Waals surface area contributed by atoms with Crippen molar-refractivity contribution < 1.29 is 44.3 Å². The van der Waals surface area contributed by atoms with Crippen LogP contribution in [0.15, 0.2) is 24.3 Å². The molecule has 0 bridgehead atoms. The second-order valence-corrected chi connectivity index (χ2v) is 2.42. The van der Waals surface area contributed by atoms with Gasteiger partial charge in [0.2, 0.25) is 0 Å². The van der Waals surface area contributed by atoms with Crippen LogP contribution >= 0.6 is 0 Å². The molecule has 4 heteroatoms. The topological polar surface area (TPSA) is 57.2 Å². The molecule has 0 saturated carbocycles. The number of carbonyl (C=O) groups is 2. The summed E-state index contributed by atoms with van der Waals surface area (Å²) in [5, 5.41) is 10.4. The number of hydrogen-bond donors (Lipinski definition) is 0. The first kappa shape index (κ1) is 12.4. The van der Waals surface area contributed by atoms with Gasteiger partial charge in [0.05, 0.1) is 5.97 Å². The Bertz CT molecular complexity index is 304. The molecule has 62 valence electrons. The van der Waals surface area contributed by atoms with Crippen LogP contribution in [-0.4, -0.2) is 11.8 Å². The van der Waals surface area contributed by atoms with E-state index in [1.54, 1.807) is 6.07 Å². The van der Waals surface area contributed by atoms with Crippen molar-refractivity contribution in [3.05, 3.63) is 35.4 Å². The standard InChI is InChI=1S/C9H8O3.Na/c1-6(10)7-3-2-4-8(5-7)9(11)12;/h2-5H,1H3,(H,11,12);/q;+1/p-1. The number of carboxylic acid groups (broad SMARTS) is 1. The van der Waals surface area contributed by atoms with Crippen LogP contribution in [0.4, 0.5) is 0 Å². The maximum Gasteiger partial charge on any atom is 1.00 e. The minimum Gasteiger partial charge on any atom is -0.545 e. The molecule has 0 unspecified atom stereocenters. The van der Waals surface area contributed by atoms with Crippen molar-refractivity contribution in [2.24, 2.45) is 0 Å². The quantitative estimate of drug-likeness (QED) is 0.372. The molecule has 0 fully saturated rings. The van der Waals surface area contributed by atoms with E-state index in [4.69, 9.17) is 0 Å². The fraction of sp³-hybridized carbons (Fsp3) is 0.111. The fourth-order valence-corrected chi connectivity index (χ4v) is 0.865. The zero-order valence-corrected chi connectivity index (χ0v) is 9.53. The van der Waals surface area contributed by atoms with Crippen molar-refractivity contribution in [3.8, 4) is 0 Å². The molecule has 0 aliphatic carbocycles. The SMILES string of the molecule is CC(=O)c1cccc(C(=O)[O-])c1.[Na+]. The van der Waals surface area contributed by atoms with E-state index in [0.717, 1.165) is 0 Å². The molecular formula is C9H7NaO3. The van der Waals surface area contributed by atoms with Gasteiger partial charge in [-0.3, -0.25) is 4.79 Å². The van der Waals surface area contributed by atoms with Crippen LogP contribution in [0.3, 0.4) is 0 Å². The normalized spacial score (nSPS) is 8.69. The molecule has 0 N–H and O–H groups in total. The maximum absolute atomic E-state index is 10.8. The molecule has 0 heterocycles. The molecule has 0 aromatic heterocycles. The Morgan fingerprint density at radius 2 is 1.77 bits per heavy atom. The molecule has 0 aliphatic heterocycles. The molecule has 0 radical (unpaired) electrons. The summed E-state index contributed by atoms with van der Waals surface area (Å²) in [6.45, 7) is 1.38. The van der Waals surface area contributed by atoms with Gasteiger partial charge in [-0.05, 0) is 18.6 Å². The van der Waals surface area contributed by atoms with E-state index in [0.29, 0.717) is 5.56 Å². The van der Waals surface area contributed by atoms with E-state index in [1.165, 1.54) is 25.1 Å². The second-order valence-electron chi connectivity index (χ2n) is 2.42. The first-order chi connectivity index (χ1) is 5.61. The predicted octanol–water partition coefficient (Wildman–Crippen LogP) is -2.74. The Morgan fingerprint density at radius 3 is 2.23 bits per heavy atom. The largest absolute Gasteiger partial charge is 1.00 e. The third-order valence-corrected chi connectivity index (χ3v) is 1.50. The average Bonchev–Trinajstić information content (AvgIpc) is 2.04. The number of benzene rings is 1. The van der Waals surface area contributed by atoms with E-state index in [1.807, 2.05) is 0 Å². The van der Waals surface area contributed by atoms with E-state index in [2.05, 4.69) is 0 Å². The molecule has 1 rings (SSSR count). The van der Waals surface area contributed by atoms with Crippen LogP contribution < -0.4 is 34.7 Å². The Hall–Kier alpha value is -0.640. The summed E-state index contributed by atoms with van der Waals surface area (Å²) in [5.74, 6) is -1.42. The van der Waals surface area contributed by atoms with E-state index < -0.39 is 5.97 Å². The van der Waals surface area contributed by atoms with Gasteiger partial charge in [-0.2, -0.15) is 0 Å². The summed E-state index contributed by atoms with van der Waals surface area (Å²) >= 11 is 0. The van der Waals surface area contributed by atoms with Gasteiger partial charge in [-0.25, -0.2) is 0 Å². The number of carboxylic acids is 1. The maximum atomic E-state index is 10.8. The number of hydrogen-bond acceptors (Lipinski definition) is 3. The summed E-state index contributed by atoms with van der Waals surface area (Å²) < 4.78 is 0. The summed E-state index contributed by atoms with van der Waals surface area (Å²) in [6.07, 6.45) is 0. The molecule has 0 atom stereocenters. The van der Waals surface area contributed by atoms with Gasteiger partial charge in [0.1, 0.15) is 0 Å². The summed E-state index contributed by atoms with van der Waals surface area (Å²) in [7, 11) is 0.